The molecule has 0 bridgehead atoms. The number of rotatable bonds is 3. The lowest BCUT2D eigenvalue weighted by Gasteiger charge is -2.03. The zero-order chi connectivity index (χ0) is 11.4. The van der Waals surface area contributed by atoms with Gasteiger partial charge in [0.25, 0.3) is 5.15 Å². The van der Waals surface area contributed by atoms with Crippen LogP contribution in [0.5, 0.6) is 0 Å². The molecule has 0 aliphatic rings. The van der Waals surface area contributed by atoms with Crippen LogP contribution in [0, 0.1) is 6.57 Å². The fourth-order valence-corrected chi connectivity index (χ4v) is 0.963. The minimum Gasteiger partial charge on any atom is -0.480 e. The number of aromatic nitrogens is 2. The lowest BCUT2D eigenvalue weighted by Crippen LogP contribution is -2.14. The summed E-state index contributed by atoms with van der Waals surface area (Å²) in [5.41, 5.74) is 5.37. The molecule has 0 radical (unpaired) electrons. The molecule has 0 atom stereocenters. The predicted molar refractivity (Wildman–Crippen MR) is 53.8 cm³/mol. The molecule has 8 heteroatoms. The summed E-state index contributed by atoms with van der Waals surface area (Å²) in [4.78, 5) is 20.6. The first-order valence-electron chi connectivity index (χ1n) is 3.70. The Morgan fingerprint density at radius 1 is 1.67 bits per heavy atom. The van der Waals surface area contributed by atoms with Gasteiger partial charge in [0, 0.05) is 0 Å². The molecule has 0 amide bonds. The molecule has 78 valence electrons. The standard InChI is InChI=1S/C7H6ClN5O2/c1-10-7-5(9)13-6(4(8)12-7)11-2-3(14)15/h2H2,(H,14,15)(H3,9,11,13). The number of nitrogen functional groups attached to an aromatic ring is 1. The maximum Gasteiger partial charge on any atom is 0.322 e. The predicted octanol–water partition coefficient (Wildman–Crippen LogP) is 0.759. The zero-order valence-electron chi connectivity index (χ0n) is 7.36. The Kier molecular flexibility index (Phi) is 3.25. The van der Waals surface area contributed by atoms with Crippen molar-refractivity contribution >= 4 is 35.0 Å². The van der Waals surface area contributed by atoms with Crippen molar-refractivity contribution in [2.75, 3.05) is 17.6 Å². The summed E-state index contributed by atoms with van der Waals surface area (Å²) in [5, 5.41) is 10.7. The SMILES string of the molecule is [C-]#[N+]c1nc(Cl)c(NCC(=O)O)nc1N. The van der Waals surface area contributed by atoms with Gasteiger partial charge < -0.3 is 21.0 Å². The highest BCUT2D eigenvalue weighted by Crippen LogP contribution is 2.25. The first-order chi connectivity index (χ1) is 7.04. The van der Waals surface area contributed by atoms with Crippen LogP contribution in [0.3, 0.4) is 0 Å². The Morgan fingerprint density at radius 2 is 2.33 bits per heavy atom. The lowest BCUT2D eigenvalue weighted by molar-refractivity contribution is -0.134. The monoisotopic (exact) mass is 227 g/mol. The van der Waals surface area contributed by atoms with E-state index >= 15 is 0 Å². The number of anilines is 2. The van der Waals surface area contributed by atoms with Crippen LogP contribution in [0.15, 0.2) is 0 Å². The summed E-state index contributed by atoms with van der Waals surface area (Å²) in [5.74, 6) is -1.23. The highest BCUT2D eigenvalue weighted by atomic mass is 35.5. The van der Waals surface area contributed by atoms with Crippen molar-refractivity contribution in [3.05, 3.63) is 16.6 Å². The van der Waals surface area contributed by atoms with Crippen LogP contribution in [-0.2, 0) is 4.79 Å². The number of hydrogen-bond donors (Lipinski definition) is 3. The molecule has 0 aliphatic carbocycles. The Labute approximate surface area is 89.7 Å². The van der Waals surface area contributed by atoms with Crippen LogP contribution in [0.1, 0.15) is 0 Å². The van der Waals surface area contributed by atoms with Crippen molar-refractivity contribution in [2.45, 2.75) is 0 Å². The molecule has 0 saturated heterocycles. The van der Waals surface area contributed by atoms with Crippen LogP contribution in [0.2, 0.25) is 5.15 Å². The molecule has 0 fully saturated rings. The van der Waals surface area contributed by atoms with E-state index in [1.54, 1.807) is 0 Å². The molecule has 1 aromatic heterocycles. The number of hydrogen-bond acceptors (Lipinski definition) is 5. The quantitative estimate of drug-likeness (QED) is 0.659. The number of aliphatic carboxylic acids is 1. The summed E-state index contributed by atoms with van der Waals surface area (Å²) in [6.45, 7) is 6.34. The van der Waals surface area contributed by atoms with E-state index in [1.807, 2.05) is 0 Å². The average molecular weight is 228 g/mol. The smallest absolute Gasteiger partial charge is 0.322 e. The molecule has 0 aromatic carbocycles. The summed E-state index contributed by atoms with van der Waals surface area (Å²) in [7, 11) is 0. The average Bonchev–Trinajstić information content (AvgIpc) is 2.18. The number of carbonyl (C=O) groups is 1. The molecule has 0 unspecified atom stereocenters. The Balaban J connectivity index is 2.96. The van der Waals surface area contributed by atoms with Crippen LogP contribution >= 0.6 is 11.6 Å². The summed E-state index contributed by atoms with van der Waals surface area (Å²) < 4.78 is 0. The van der Waals surface area contributed by atoms with Crippen molar-refractivity contribution < 1.29 is 9.90 Å². The Bertz CT molecular complexity index is 442. The van der Waals surface area contributed by atoms with E-state index in [9.17, 15) is 4.79 Å². The van der Waals surface area contributed by atoms with Crippen molar-refractivity contribution in [3.63, 3.8) is 0 Å². The molecule has 1 rings (SSSR count). The van der Waals surface area contributed by atoms with Gasteiger partial charge in [-0.2, -0.15) is 0 Å². The van der Waals surface area contributed by atoms with E-state index < -0.39 is 5.97 Å². The number of nitrogens with one attached hydrogen (secondary N) is 1. The largest absolute Gasteiger partial charge is 0.480 e. The first-order valence-corrected chi connectivity index (χ1v) is 4.08. The van der Waals surface area contributed by atoms with E-state index in [2.05, 4.69) is 20.1 Å². The van der Waals surface area contributed by atoms with Crippen LogP contribution < -0.4 is 11.1 Å². The molecule has 0 saturated carbocycles. The molecule has 15 heavy (non-hydrogen) atoms. The normalized spacial score (nSPS) is 9.33. The van der Waals surface area contributed by atoms with Crippen LogP contribution in [-0.4, -0.2) is 27.6 Å². The lowest BCUT2D eigenvalue weighted by atomic mass is 10.5. The van der Waals surface area contributed by atoms with Gasteiger partial charge in [-0.1, -0.05) is 6.57 Å². The molecule has 0 spiro atoms. The van der Waals surface area contributed by atoms with Crippen molar-refractivity contribution in [1.29, 1.82) is 0 Å². The highest BCUT2D eigenvalue weighted by Gasteiger charge is 2.13. The van der Waals surface area contributed by atoms with Gasteiger partial charge in [-0.3, -0.25) is 4.79 Å². The fraction of sp³-hybridized carbons (Fsp3) is 0.143. The molecule has 0 aliphatic heterocycles. The van der Waals surface area contributed by atoms with Gasteiger partial charge in [0.2, 0.25) is 0 Å². The van der Waals surface area contributed by atoms with Crippen LogP contribution in [0.25, 0.3) is 4.85 Å². The van der Waals surface area contributed by atoms with Gasteiger partial charge >= 0.3 is 11.8 Å². The molecular formula is C7H6ClN5O2. The van der Waals surface area contributed by atoms with Gasteiger partial charge in [-0.05, 0) is 11.6 Å². The number of carboxylic acids is 1. The van der Waals surface area contributed by atoms with Gasteiger partial charge in [-0.15, -0.1) is 4.98 Å². The minimum absolute atomic E-state index is 0.0453. The van der Waals surface area contributed by atoms with Gasteiger partial charge in [-0.25, -0.2) is 4.98 Å². The minimum atomic E-state index is -1.07. The molecule has 1 aromatic rings. The topological polar surface area (TPSA) is 105 Å². The first kappa shape index (κ1) is 11.0. The molecule has 4 N–H and O–H groups in total. The maximum atomic E-state index is 10.3. The van der Waals surface area contributed by atoms with Gasteiger partial charge in [0.15, 0.2) is 11.6 Å². The van der Waals surface area contributed by atoms with E-state index in [-0.39, 0.29) is 29.2 Å². The third-order valence-electron chi connectivity index (χ3n) is 1.37. The molecule has 1 heterocycles. The molecular weight excluding hydrogens is 222 g/mol. The summed E-state index contributed by atoms with van der Waals surface area (Å²) in [6.07, 6.45) is 0. The van der Waals surface area contributed by atoms with Crippen molar-refractivity contribution in [1.82, 2.24) is 9.97 Å². The highest BCUT2D eigenvalue weighted by molar-refractivity contribution is 6.31. The van der Waals surface area contributed by atoms with E-state index in [0.717, 1.165) is 0 Å². The second-order valence-corrected chi connectivity index (χ2v) is 2.79. The third kappa shape index (κ3) is 2.69. The number of nitrogens with zero attached hydrogens (tertiary/aromatic N) is 3. The maximum absolute atomic E-state index is 10.3. The third-order valence-corrected chi connectivity index (χ3v) is 1.64. The van der Waals surface area contributed by atoms with Gasteiger partial charge in [0.05, 0.1) is 0 Å². The summed E-state index contributed by atoms with van der Waals surface area (Å²) in [6, 6.07) is 0. The van der Waals surface area contributed by atoms with Gasteiger partial charge in [0.1, 0.15) is 6.54 Å². The number of halogens is 1. The summed E-state index contributed by atoms with van der Waals surface area (Å²) >= 11 is 5.64. The van der Waals surface area contributed by atoms with Crippen molar-refractivity contribution in [3.8, 4) is 0 Å². The van der Waals surface area contributed by atoms with E-state index in [0.29, 0.717) is 0 Å². The number of nitrogens with two attached hydrogens (primary N) is 1. The van der Waals surface area contributed by atoms with Crippen LogP contribution in [0.4, 0.5) is 17.5 Å². The van der Waals surface area contributed by atoms with E-state index in [1.165, 1.54) is 0 Å². The van der Waals surface area contributed by atoms with Crippen molar-refractivity contribution in [2.24, 2.45) is 0 Å². The molecule has 7 nitrogen and oxygen atoms in total. The Hall–Kier alpha value is -2.07. The number of carboxylic acid groups (broad SMARTS) is 1. The Morgan fingerprint density at radius 3 is 2.87 bits per heavy atom. The second-order valence-electron chi connectivity index (χ2n) is 2.43. The fourth-order valence-electron chi connectivity index (χ4n) is 0.774. The second kappa shape index (κ2) is 4.43. The zero-order valence-corrected chi connectivity index (χ0v) is 8.12. The van der Waals surface area contributed by atoms with E-state index in [4.69, 9.17) is 29.0 Å².